The third-order valence-corrected chi connectivity index (χ3v) is 2.23. The van der Waals surface area contributed by atoms with Gasteiger partial charge in [-0.25, -0.2) is 4.98 Å². The lowest BCUT2D eigenvalue weighted by Crippen LogP contribution is -1.96. The minimum Gasteiger partial charge on any atom is -0.340 e. The van der Waals surface area contributed by atoms with Gasteiger partial charge in [-0.15, -0.1) is 0 Å². The van der Waals surface area contributed by atoms with Gasteiger partial charge in [-0.3, -0.25) is 10.1 Å². The quantitative estimate of drug-likeness (QED) is 0.514. The number of pyridine rings is 1. The van der Waals surface area contributed by atoms with Gasteiger partial charge in [0.15, 0.2) is 0 Å². The predicted molar refractivity (Wildman–Crippen MR) is 65.6 cm³/mol. The van der Waals surface area contributed by atoms with Crippen LogP contribution in [-0.2, 0) is 0 Å². The average Bonchev–Trinajstić information content (AvgIpc) is 2.29. The Kier molecular flexibility index (Phi) is 3.20. The molecule has 0 bridgehead atoms. The number of nitrogens with one attached hydrogen (secondary N) is 1. The van der Waals surface area contributed by atoms with Gasteiger partial charge < -0.3 is 5.32 Å². The van der Waals surface area contributed by atoms with Crippen molar-refractivity contribution in [3.05, 3.63) is 57.7 Å². The van der Waals surface area contributed by atoms with Gasteiger partial charge in [-0.05, 0) is 12.1 Å². The highest BCUT2D eigenvalue weighted by Crippen LogP contribution is 2.22. The van der Waals surface area contributed by atoms with Crippen LogP contribution in [-0.4, -0.2) is 9.91 Å². The molecular formula is C11H8ClN3O2. The molecule has 1 heterocycles. The summed E-state index contributed by atoms with van der Waals surface area (Å²) in [7, 11) is 0. The van der Waals surface area contributed by atoms with E-state index in [0.29, 0.717) is 5.82 Å². The van der Waals surface area contributed by atoms with Gasteiger partial charge >= 0.3 is 0 Å². The number of rotatable bonds is 3. The molecule has 0 fully saturated rings. The SMILES string of the molecule is O=[N+]([O-])c1cc(Cl)nc(Nc2ccccc2)c1. The Morgan fingerprint density at radius 2 is 1.94 bits per heavy atom. The second kappa shape index (κ2) is 4.80. The Labute approximate surface area is 102 Å². The molecule has 0 radical (unpaired) electrons. The van der Waals surface area contributed by atoms with Crippen LogP contribution in [0.25, 0.3) is 0 Å². The summed E-state index contributed by atoms with van der Waals surface area (Å²) < 4.78 is 0. The van der Waals surface area contributed by atoms with Gasteiger partial charge in [-0.2, -0.15) is 0 Å². The number of hydrogen-bond donors (Lipinski definition) is 1. The lowest BCUT2D eigenvalue weighted by molar-refractivity contribution is -0.384. The van der Waals surface area contributed by atoms with E-state index in [9.17, 15) is 10.1 Å². The van der Waals surface area contributed by atoms with Crippen LogP contribution in [0.2, 0.25) is 5.15 Å². The van der Waals surface area contributed by atoms with Crippen LogP contribution in [0, 0.1) is 10.1 Å². The molecule has 1 aromatic heterocycles. The molecule has 1 N–H and O–H groups in total. The molecule has 1 aromatic carbocycles. The monoisotopic (exact) mass is 249 g/mol. The summed E-state index contributed by atoms with van der Waals surface area (Å²) in [6.45, 7) is 0. The summed E-state index contributed by atoms with van der Waals surface area (Å²) in [5, 5.41) is 13.7. The first kappa shape index (κ1) is 11.3. The lowest BCUT2D eigenvalue weighted by atomic mass is 10.3. The van der Waals surface area contributed by atoms with E-state index in [1.807, 2.05) is 30.3 Å². The van der Waals surface area contributed by atoms with Crippen molar-refractivity contribution in [2.75, 3.05) is 5.32 Å². The molecule has 0 saturated heterocycles. The summed E-state index contributed by atoms with van der Waals surface area (Å²) in [4.78, 5) is 14.1. The van der Waals surface area contributed by atoms with Gasteiger partial charge in [0.1, 0.15) is 11.0 Å². The summed E-state index contributed by atoms with van der Waals surface area (Å²) in [5.74, 6) is 0.343. The number of benzene rings is 1. The van der Waals surface area contributed by atoms with Crippen molar-refractivity contribution in [3.8, 4) is 0 Å². The van der Waals surface area contributed by atoms with Gasteiger partial charge in [0.25, 0.3) is 5.69 Å². The summed E-state index contributed by atoms with van der Waals surface area (Å²) in [5.41, 5.74) is 0.694. The van der Waals surface area contributed by atoms with Crippen molar-refractivity contribution < 1.29 is 4.92 Å². The number of nitro groups is 1. The van der Waals surface area contributed by atoms with Crippen LogP contribution < -0.4 is 5.32 Å². The first-order valence-corrected chi connectivity index (χ1v) is 5.17. The largest absolute Gasteiger partial charge is 0.340 e. The van der Waals surface area contributed by atoms with Crippen LogP contribution in [0.3, 0.4) is 0 Å². The zero-order valence-corrected chi connectivity index (χ0v) is 9.39. The Hall–Kier alpha value is -2.14. The molecule has 5 nitrogen and oxygen atoms in total. The zero-order chi connectivity index (χ0) is 12.3. The maximum atomic E-state index is 10.6. The molecule has 0 aliphatic carbocycles. The van der Waals surface area contributed by atoms with Gasteiger partial charge in [0.2, 0.25) is 0 Å². The number of aromatic nitrogens is 1. The molecule has 0 unspecified atom stereocenters. The maximum absolute atomic E-state index is 10.6. The highest BCUT2D eigenvalue weighted by molar-refractivity contribution is 6.29. The fraction of sp³-hybridized carbons (Fsp3) is 0. The van der Waals surface area contributed by atoms with E-state index >= 15 is 0 Å². The highest BCUT2D eigenvalue weighted by atomic mass is 35.5. The standard InChI is InChI=1S/C11H8ClN3O2/c12-10-6-9(15(16)17)7-11(14-10)13-8-4-2-1-3-5-8/h1-7H,(H,13,14). The van der Waals surface area contributed by atoms with E-state index in [2.05, 4.69) is 10.3 Å². The van der Waals surface area contributed by atoms with Crippen molar-refractivity contribution in [1.29, 1.82) is 0 Å². The van der Waals surface area contributed by atoms with Crippen LogP contribution in [0.15, 0.2) is 42.5 Å². The Morgan fingerprint density at radius 3 is 2.59 bits per heavy atom. The lowest BCUT2D eigenvalue weighted by Gasteiger charge is -2.05. The molecule has 0 aliphatic rings. The van der Waals surface area contributed by atoms with E-state index in [4.69, 9.17) is 11.6 Å². The summed E-state index contributed by atoms with van der Waals surface area (Å²) in [6, 6.07) is 11.8. The number of anilines is 2. The summed E-state index contributed by atoms with van der Waals surface area (Å²) in [6.07, 6.45) is 0. The molecule has 0 atom stereocenters. The normalized spacial score (nSPS) is 9.94. The Bertz CT molecular complexity index is 546. The second-order valence-corrected chi connectivity index (χ2v) is 3.67. The van der Waals surface area contributed by atoms with Gasteiger partial charge in [0, 0.05) is 5.69 Å². The van der Waals surface area contributed by atoms with Crippen molar-refractivity contribution in [3.63, 3.8) is 0 Å². The second-order valence-electron chi connectivity index (χ2n) is 3.28. The average molecular weight is 250 g/mol. The topological polar surface area (TPSA) is 68.1 Å². The minimum absolute atomic E-state index is 0.0811. The fourth-order valence-corrected chi connectivity index (χ4v) is 1.53. The van der Waals surface area contributed by atoms with Crippen LogP contribution in [0.5, 0.6) is 0 Å². The number of nitrogens with zero attached hydrogens (tertiary/aromatic N) is 2. The third kappa shape index (κ3) is 2.92. The summed E-state index contributed by atoms with van der Waals surface area (Å²) >= 11 is 5.70. The molecule has 6 heteroatoms. The number of para-hydroxylation sites is 1. The first-order valence-electron chi connectivity index (χ1n) is 4.79. The first-order chi connectivity index (χ1) is 8.15. The third-order valence-electron chi connectivity index (χ3n) is 2.04. The number of halogens is 1. The predicted octanol–water partition coefficient (Wildman–Crippen LogP) is 3.39. The molecule has 0 saturated carbocycles. The molecule has 0 amide bonds. The molecule has 0 spiro atoms. The van der Waals surface area contributed by atoms with Crippen LogP contribution in [0.4, 0.5) is 17.2 Å². The van der Waals surface area contributed by atoms with E-state index in [0.717, 1.165) is 5.69 Å². The van der Waals surface area contributed by atoms with E-state index in [1.54, 1.807) is 0 Å². The Morgan fingerprint density at radius 1 is 1.24 bits per heavy atom. The zero-order valence-electron chi connectivity index (χ0n) is 8.63. The molecule has 2 aromatic rings. The Balaban J connectivity index is 2.30. The van der Waals surface area contributed by atoms with Crippen molar-refractivity contribution >= 4 is 28.8 Å². The van der Waals surface area contributed by atoms with Crippen LogP contribution >= 0.6 is 11.6 Å². The smallest absolute Gasteiger partial charge is 0.276 e. The van der Waals surface area contributed by atoms with Crippen molar-refractivity contribution in [2.24, 2.45) is 0 Å². The highest BCUT2D eigenvalue weighted by Gasteiger charge is 2.10. The van der Waals surface area contributed by atoms with Gasteiger partial charge in [-0.1, -0.05) is 29.8 Å². The van der Waals surface area contributed by atoms with Crippen LogP contribution in [0.1, 0.15) is 0 Å². The van der Waals surface area contributed by atoms with E-state index < -0.39 is 4.92 Å². The van der Waals surface area contributed by atoms with Crippen molar-refractivity contribution in [2.45, 2.75) is 0 Å². The molecular weight excluding hydrogens is 242 g/mol. The van der Waals surface area contributed by atoms with Gasteiger partial charge in [0.05, 0.1) is 17.1 Å². The number of hydrogen-bond acceptors (Lipinski definition) is 4. The molecule has 0 aliphatic heterocycles. The van der Waals surface area contributed by atoms with Crippen molar-refractivity contribution in [1.82, 2.24) is 4.98 Å². The fourth-order valence-electron chi connectivity index (χ4n) is 1.32. The van der Waals surface area contributed by atoms with E-state index in [-0.39, 0.29) is 10.8 Å². The maximum Gasteiger partial charge on any atom is 0.276 e. The minimum atomic E-state index is -0.510. The molecule has 17 heavy (non-hydrogen) atoms. The molecule has 2 rings (SSSR count). The van der Waals surface area contributed by atoms with E-state index in [1.165, 1.54) is 12.1 Å². The molecule has 86 valence electrons.